The molecule has 0 aromatic carbocycles. The van der Waals surface area contributed by atoms with E-state index >= 15 is 0 Å². The first-order valence-electron chi connectivity index (χ1n) is 6.62. The highest BCUT2D eigenvalue weighted by Crippen LogP contribution is 2.32. The zero-order valence-electron chi connectivity index (χ0n) is 11.4. The minimum Gasteiger partial charge on any atom is -0.469 e. The van der Waals surface area contributed by atoms with Gasteiger partial charge < -0.3 is 20.2 Å². The molecule has 0 bridgehead atoms. The van der Waals surface area contributed by atoms with Crippen LogP contribution in [0.2, 0.25) is 0 Å². The first-order chi connectivity index (χ1) is 10.2. The summed E-state index contributed by atoms with van der Waals surface area (Å²) in [6.07, 6.45) is 6.33. The van der Waals surface area contributed by atoms with Gasteiger partial charge in [0.15, 0.2) is 5.75 Å². The SMILES string of the molecule is NC(=O)N1CCNCC1(Oc1ccoc1)c1cccnc1. The van der Waals surface area contributed by atoms with Gasteiger partial charge >= 0.3 is 6.03 Å². The number of carbonyl (C=O) groups excluding carboxylic acids is 1. The van der Waals surface area contributed by atoms with E-state index in [-0.39, 0.29) is 0 Å². The molecule has 1 fully saturated rings. The van der Waals surface area contributed by atoms with Crippen molar-refractivity contribution in [1.82, 2.24) is 15.2 Å². The van der Waals surface area contributed by atoms with Gasteiger partial charge in [-0.15, -0.1) is 0 Å². The number of hydrogen-bond donors (Lipinski definition) is 2. The minimum absolute atomic E-state index is 0.410. The second kappa shape index (κ2) is 5.45. The molecule has 7 heteroatoms. The summed E-state index contributed by atoms with van der Waals surface area (Å²) in [5.41, 5.74) is 5.25. The number of rotatable bonds is 3. The summed E-state index contributed by atoms with van der Waals surface area (Å²) in [6, 6.07) is 4.80. The Morgan fingerprint density at radius 2 is 2.43 bits per heavy atom. The fraction of sp³-hybridized carbons (Fsp3) is 0.286. The molecular weight excluding hydrogens is 272 g/mol. The second-order valence-electron chi connectivity index (χ2n) is 4.75. The second-order valence-corrected chi connectivity index (χ2v) is 4.75. The van der Waals surface area contributed by atoms with Gasteiger partial charge in [-0.05, 0) is 12.1 Å². The van der Waals surface area contributed by atoms with Crippen LogP contribution in [-0.2, 0) is 5.72 Å². The molecule has 0 saturated carbocycles. The van der Waals surface area contributed by atoms with E-state index in [1.165, 1.54) is 17.4 Å². The van der Waals surface area contributed by atoms with Crippen LogP contribution >= 0.6 is 0 Å². The molecule has 1 aliphatic heterocycles. The minimum atomic E-state index is -1.04. The van der Waals surface area contributed by atoms with Gasteiger partial charge in [-0.25, -0.2) is 4.79 Å². The van der Waals surface area contributed by atoms with Gasteiger partial charge in [-0.3, -0.25) is 9.88 Å². The van der Waals surface area contributed by atoms with Crippen molar-refractivity contribution in [3.63, 3.8) is 0 Å². The molecule has 1 unspecified atom stereocenters. The van der Waals surface area contributed by atoms with Crippen molar-refractivity contribution < 1.29 is 13.9 Å². The quantitative estimate of drug-likeness (QED) is 0.875. The standard InChI is InChI=1S/C14H16N4O3/c15-13(19)18-6-5-17-10-14(18,11-2-1-4-16-8-11)21-12-3-7-20-9-12/h1-4,7-9,17H,5-6,10H2,(H2,15,19). The number of furan rings is 1. The van der Waals surface area contributed by atoms with Gasteiger partial charge in [0.25, 0.3) is 0 Å². The number of aromatic nitrogens is 1. The third-order valence-electron chi connectivity index (χ3n) is 3.47. The maximum absolute atomic E-state index is 11.9. The van der Waals surface area contributed by atoms with Crippen LogP contribution in [0.25, 0.3) is 0 Å². The number of pyridine rings is 1. The third-order valence-corrected chi connectivity index (χ3v) is 3.47. The maximum atomic E-state index is 11.9. The molecule has 1 saturated heterocycles. The Labute approximate surface area is 121 Å². The molecule has 3 rings (SSSR count). The summed E-state index contributed by atoms with van der Waals surface area (Å²) in [4.78, 5) is 17.5. The Morgan fingerprint density at radius 1 is 1.52 bits per heavy atom. The molecule has 2 aromatic rings. The zero-order valence-corrected chi connectivity index (χ0v) is 11.4. The lowest BCUT2D eigenvalue weighted by molar-refractivity contribution is -0.0766. The van der Waals surface area contributed by atoms with Gasteiger partial charge in [0, 0.05) is 37.1 Å². The van der Waals surface area contributed by atoms with Crippen LogP contribution < -0.4 is 15.8 Å². The highest BCUT2D eigenvalue weighted by atomic mass is 16.5. The molecule has 0 spiro atoms. The summed E-state index contributed by atoms with van der Waals surface area (Å²) in [5.74, 6) is 0.522. The molecule has 110 valence electrons. The highest BCUT2D eigenvalue weighted by Gasteiger charge is 2.45. The van der Waals surface area contributed by atoms with Gasteiger partial charge in [0.2, 0.25) is 5.72 Å². The predicted octanol–water partition coefficient (Wildman–Crippen LogP) is 0.890. The van der Waals surface area contributed by atoms with E-state index in [4.69, 9.17) is 14.9 Å². The predicted molar refractivity (Wildman–Crippen MR) is 74.4 cm³/mol. The van der Waals surface area contributed by atoms with E-state index in [9.17, 15) is 4.79 Å². The topological polar surface area (TPSA) is 93.6 Å². The van der Waals surface area contributed by atoms with Crippen molar-refractivity contribution in [2.75, 3.05) is 19.6 Å². The number of carbonyl (C=O) groups is 1. The van der Waals surface area contributed by atoms with Crippen LogP contribution in [0, 0.1) is 0 Å². The van der Waals surface area contributed by atoms with Crippen LogP contribution in [0.5, 0.6) is 5.75 Å². The van der Waals surface area contributed by atoms with Crippen molar-refractivity contribution in [3.05, 3.63) is 48.7 Å². The van der Waals surface area contributed by atoms with Crippen LogP contribution in [0.15, 0.2) is 47.5 Å². The third kappa shape index (κ3) is 2.43. The summed E-state index contributed by atoms with van der Waals surface area (Å²) in [7, 11) is 0. The lowest BCUT2D eigenvalue weighted by atomic mass is 10.0. The average molecular weight is 288 g/mol. The number of piperazine rings is 1. The lowest BCUT2D eigenvalue weighted by Gasteiger charge is -2.45. The Bertz CT molecular complexity index is 602. The van der Waals surface area contributed by atoms with Crippen molar-refractivity contribution in [2.45, 2.75) is 5.72 Å². The van der Waals surface area contributed by atoms with Crippen LogP contribution in [0.4, 0.5) is 4.79 Å². The van der Waals surface area contributed by atoms with Gasteiger partial charge in [-0.2, -0.15) is 0 Å². The molecule has 0 radical (unpaired) electrons. The first kappa shape index (κ1) is 13.4. The fourth-order valence-corrected chi connectivity index (χ4v) is 2.52. The van der Waals surface area contributed by atoms with E-state index < -0.39 is 11.8 Å². The zero-order chi connectivity index (χ0) is 14.7. The number of nitrogens with two attached hydrogens (primary N) is 1. The van der Waals surface area contributed by atoms with E-state index in [0.29, 0.717) is 25.4 Å². The summed E-state index contributed by atoms with van der Waals surface area (Å²) < 4.78 is 11.1. The maximum Gasteiger partial charge on any atom is 0.318 e. The van der Waals surface area contributed by atoms with E-state index in [1.54, 1.807) is 24.5 Å². The van der Waals surface area contributed by atoms with Crippen molar-refractivity contribution >= 4 is 6.03 Å². The Hall–Kier alpha value is -2.54. The molecule has 1 atom stereocenters. The smallest absolute Gasteiger partial charge is 0.318 e. The summed E-state index contributed by atoms with van der Waals surface area (Å²) in [6.45, 7) is 1.51. The Balaban J connectivity index is 2.06. The molecule has 7 nitrogen and oxygen atoms in total. The van der Waals surface area contributed by atoms with Crippen LogP contribution in [-0.4, -0.2) is 35.5 Å². The largest absolute Gasteiger partial charge is 0.469 e. The van der Waals surface area contributed by atoms with Crippen molar-refractivity contribution in [1.29, 1.82) is 0 Å². The normalized spacial score (nSPS) is 22.0. The molecule has 3 N–H and O–H groups in total. The number of primary amides is 1. The molecule has 2 amide bonds. The molecular formula is C14H16N4O3. The molecule has 0 aliphatic carbocycles. The monoisotopic (exact) mass is 288 g/mol. The Kier molecular flexibility index (Phi) is 3.49. The fourth-order valence-electron chi connectivity index (χ4n) is 2.52. The number of urea groups is 1. The summed E-state index contributed by atoms with van der Waals surface area (Å²) >= 11 is 0. The number of ether oxygens (including phenoxy) is 1. The molecule has 21 heavy (non-hydrogen) atoms. The van der Waals surface area contributed by atoms with E-state index in [1.807, 2.05) is 6.07 Å². The molecule has 1 aliphatic rings. The number of hydrogen-bond acceptors (Lipinski definition) is 5. The van der Waals surface area contributed by atoms with Crippen molar-refractivity contribution in [2.24, 2.45) is 5.73 Å². The van der Waals surface area contributed by atoms with Gasteiger partial charge in [0.1, 0.15) is 6.26 Å². The van der Waals surface area contributed by atoms with Crippen LogP contribution in [0.1, 0.15) is 5.56 Å². The van der Waals surface area contributed by atoms with Crippen molar-refractivity contribution in [3.8, 4) is 5.75 Å². The number of nitrogens with one attached hydrogen (secondary N) is 1. The van der Waals surface area contributed by atoms with Crippen LogP contribution in [0.3, 0.4) is 0 Å². The van der Waals surface area contributed by atoms with E-state index in [0.717, 1.165) is 5.56 Å². The van der Waals surface area contributed by atoms with E-state index in [2.05, 4.69) is 10.3 Å². The summed E-state index contributed by atoms with van der Waals surface area (Å²) in [5, 5.41) is 3.24. The molecule has 3 heterocycles. The lowest BCUT2D eigenvalue weighted by Crippen LogP contribution is -2.65. The first-order valence-corrected chi connectivity index (χ1v) is 6.62. The molecule has 2 aromatic heterocycles. The Morgan fingerprint density at radius 3 is 3.10 bits per heavy atom. The van der Waals surface area contributed by atoms with Gasteiger partial charge in [0.05, 0.1) is 12.8 Å². The average Bonchev–Trinajstić information content (AvgIpc) is 3.01. The van der Waals surface area contributed by atoms with Gasteiger partial charge in [-0.1, -0.05) is 0 Å². The highest BCUT2D eigenvalue weighted by molar-refractivity contribution is 5.73. The number of amides is 2. The number of nitrogens with zero attached hydrogens (tertiary/aromatic N) is 2.